The molecular weight excluding hydrogens is 773 g/mol. The van der Waals surface area contributed by atoms with Gasteiger partial charge >= 0.3 is 0 Å². The van der Waals surface area contributed by atoms with Gasteiger partial charge in [0.15, 0.2) is 0 Å². The zero-order valence-corrected chi connectivity index (χ0v) is 37.7. The van der Waals surface area contributed by atoms with Crippen molar-refractivity contribution in [1.82, 2.24) is 4.57 Å². The first-order valence-electron chi connectivity index (χ1n) is 23.8. The van der Waals surface area contributed by atoms with Gasteiger partial charge in [-0.15, -0.1) is 0 Å². The molecule has 0 spiro atoms. The van der Waals surface area contributed by atoms with E-state index in [-0.39, 0.29) is 10.8 Å². The fourth-order valence-electron chi connectivity index (χ4n) is 12.2. The van der Waals surface area contributed by atoms with Crippen LogP contribution >= 0.6 is 0 Å². The van der Waals surface area contributed by atoms with Crippen molar-refractivity contribution >= 4 is 38.9 Å². The maximum absolute atomic E-state index is 2.51. The lowest BCUT2D eigenvalue weighted by Crippen LogP contribution is -2.17. The molecule has 3 aliphatic rings. The predicted molar refractivity (Wildman–Crippen MR) is 271 cm³/mol. The molecule has 1 saturated carbocycles. The second-order valence-electron chi connectivity index (χ2n) is 19.9. The fraction of sp³-hybridized carbons (Fsp3) is 0.226. The number of nitrogens with zero attached hydrogens (tertiary/aromatic N) is 2. The molecular formula is C62H56N2. The van der Waals surface area contributed by atoms with Gasteiger partial charge in [-0.3, -0.25) is 0 Å². The molecule has 0 amide bonds. The van der Waals surface area contributed by atoms with Gasteiger partial charge in [-0.2, -0.15) is 0 Å². The van der Waals surface area contributed by atoms with Crippen LogP contribution in [-0.4, -0.2) is 4.57 Å². The van der Waals surface area contributed by atoms with Gasteiger partial charge in [-0.05, 0) is 141 Å². The van der Waals surface area contributed by atoms with Crippen LogP contribution in [0.2, 0.25) is 0 Å². The Morgan fingerprint density at radius 1 is 0.422 bits per heavy atom. The molecule has 0 bridgehead atoms. The topological polar surface area (TPSA) is 8.17 Å². The van der Waals surface area contributed by atoms with Gasteiger partial charge in [-0.1, -0.05) is 175 Å². The molecule has 1 heterocycles. The molecule has 2 nitrogen and oxygen atoms in total. The van der Waals surface area contributed by atoms with Crippen molar-refractivity contribution in [2.75, 3.05) is 4.90 Å². The van der Waals surface area contributed by atoms with E-state index < -0.39 is 0 Å². The Morgan fingerprint density at radius 3 is 1.88 bits per heavy atom. The molecule has 314 valence electrons. The zero-order valence-electron chi connectivity index (χ0n) is 37.7. The van der Waals surface area contributed by atoms with E-state index >= 15 is 0 Å². The van der Waals surface area contributed by atoms with Crippen LogP contribution in [0.15, 0.2) is 176 Å². The Labute approximate surface area is 378 Å². The summed E-state index contributed by atoms with van der Waals surface area (Å²) in [4.78, 5) is 2.51. The normalized spacial score (nSPS) is 16.2. The third-order valence-corrected chi connectivity index (χ3v) is 15.5. The van der Waals surface area contributed by atoms with Gasteiger partial charge in [0.25, 0.3) is 0 Å². The smallest absolute Gasteiger partial charge is 0.0561 e. The minimum absolute atomic E-state index is 0.0805. The second-order valence-corrected chi connectivity index (χ2v) is 19.9. The minimum atomic E-state index is -0.176. The molecule has 2 heteroatoms. The molecule has 9 aromatic rings. The van der Waals surface area contributed by atoms with Gasteiger partial charge in [0.1, 0.15) is 0 Å². The van der Waals surface area contributed by atoms with E-state index in [2.05, 4.69) is 213 Å². The third kappa shape index (κ3) is 6.06. The first-order valence-corrected chi connectivity index (χ1v) is 23.8. The van der Waals surface area contributed by atoms with Gasteiger partial charge in [0.2, 0.25) is 0 Å². The van der Waals surface area contributed by atoms with Crippen LogP contribution in [0.4, 0.5) is 17.1 Å². The number of benzene rings is 8. The molecule has 0 N–H and O–H groups in total. The zero-order chi connectivity index (χ0) is 43.2. The number of hydrogen-bond donors (Lipinski definition) is 0. The minimum Gasteiger partial charge on any atom is -0.310 e. The number of aromatic nitrogens is 1. The highest BCUT2D eigenvalue weighted by atomic mass is 15.1. The summed E-state index contributed by atoms with van der Waals surface area (Å²) in [5.74, 6) is 0.642. The van der Waals surface area contributed by atoms with Crippen molar-refractivity contribution in [1.29, 1.82) is 0 Å². The van der Waals surface area contributed by atoms with Gasteiger partial charge in [-0.25, -0.2) is 0 Å². The van der Waals surface area contributed by atoms with Gasteiger partial charge in [0.05, 0.1) is 11.0 Å². The molecule has 64 heavy (non-hydrogen) atoms. The average Bonchev–Trinajstić information content (AvgIpc) is 3.86. The first-order chi connectivity index (χ1) is 31.3. The van der Waals surface area contributed by atoms with E-state index in [0.717, 1.165) is 5.69 Å². The van der Waals surface area contributed by atoms with Crippen molar-refractivity contribution in [2.45, 2.75) is 89.4 Å². The summed E-state index contributed by atoms with van der Waals surface area (Å²) in [5.41, 5.74) is 22.0. The third-order valence-electron chi connectivity index (χ3n) is 15.5. The highest BCUT2D eigenvalue weighted by molar-refractivity contribution is 6.10. The molecule has 0 atom stereocenters. The number of fused-ring (bicyclic) bond motifs is 9. The molecule has 0 aliphatic heterocycles. The predicted octanol–water partition coefficient (Wildman–Crippen LogP) is 17.4. The van der Waals surface area contributed by atoms with Crippen LogP contribution in [0, 0.1) is 0 Å². The quantitative estimate of drug-likeness (QED) is 0.162. The van der Waals surface area contributed by atoms with E-state index in [1.54, 1.807) is 0 Å². The van der Waals surface area contributed by atoms with Crippen LogP contribution in [0.25, 0.3) is 60.9 Å². The monoisotopic (exact) mass is 828 g/mol. The standard InChI is InChI=1S/C62H56N2/c1-61(2)56-37-30-43(48-24-17-25-53-49-22-13-15-26-55(49)62(3,4)60(48)53)38-54(56)50-35-33-46(39-57(50)61)63(45-31-28-42(29-32-45)41-18-9-6-5-7-10-19-41)47-34-36-52-51-23-14-16-27-58(51)64(59(52)40-47)44-20-11-8-12-21-44/h8,11-17,20-41H,5-7,9-10,18-19H2,1-4H3. The number of hydrogen-bond acceptors (Lipinski definition) is 1. The Balaban J connectivity index is 0.997. The lowest BCUT2D eigenvalue weighted by atomic mass is 9.78. The van der Waals surface area contributed by atoms with Crippen LogP contribution in [-0.2, 0) is 10.8 Å². The molecule has 12 rings (SSSR count). The first kappa shape index (κ1) is 39.0. The highest BCUT2D eigenvalue weighted by Crippen LogP contribution is 2.55. The summed E-state index contributed by atoms with van der Waals surface area (Å²) >= 11 is 0. The van der Waals surface area contributed by atoms with Crippen LogP contribution in [0.5, 0.6) is 0 Å². The largest absolute Gasteiger partial charge is 0.310 e. The lowest BCUT2D eigenvalue weighted by molar-refractivity contribution is 0.455. The maximum Gasteiger partial charge on any atom is 0.0561 e. The summed E-state index contributed by atoms with van der Waals surface area (Å²) < 4.78 is 2.44. The molecule has 8 aromatic carbocycles. The summed E-state index contributed by atoms with van der Waals surface area (Å²) in [5, 5.41) is 2.54. The Bertz CT molecular complexity index is 3240. The molecule has 1 fully saturated rings. The second kappa shape index (κ2) is 15.0. The van der Waals surface area contributed by atoms with Crippen molar-refractivity contribution in [3.05, 3.63) is 204 Å². The lowest BCUT2D eigenvalue weighted by Gasteiger charge is -2.29. The van der Waals surface area contributed by atoms with Crippen LogP contribution in [0.3, 0.4) is 0 Å². The van der Waals surface area contributed by atoms with Crippen molar-refractivity contribution in [2.24, 2.45) is 0 Å². The summed E-state index contributed by atoms with van der Waals surface area (Å²) in [6.45, 7) is 9.62. The van der Waals surface area contributed by atoms with E-state index in [1.165, 1.54) is 145 Å². The number of rotatable bonds is 6. The summed E-state index contributed by atoms with van der Waals surface area (Å²) in [6, 6.07) is 66.9. The molecule has 0 unspecified atom stereocenters. The summed E-state index contributed by atoms with van der Waals surface area (Å²) in [7, 11) is 0. The van der Waals surface area contributed by atoms with E-state index in [9.17, 15) is 0 Å². The van der Waals surface area contributed by atoms with E-state index in [1.807, 2.05) is 0 Å². The average molecular weight is 829 g/mol. The Hall–Kier alpha value is -6.64. The maximum atomic E-state index is 2.51. The SMILES string of the molecule is CC1(C)c2ccc(-c3cccc4c3C(C)(C)c3ccccc3-4)cc2-c2ccc(N(c3ccc(C4CCCCCCC4)cc3)c3ccc4c5ccccc5n(-c5ccccc5)c4c3)cc21. The van der Waals surface area contributed by atoms with Crippen LogP contribution in [0.1, 0.15) is 106 Å². The Kier molecular flexibility index (Phi) is 9.13. The Morgan fingerprint density at radius 2 is 1.05 bits per heavy atom. The van der Waals surface area contributed by atoms with Crippen LogP contribution < -0.4 is 4.90 Å². The summed E-state index contributed by atoms with van der Waals surface area (Å²) in [6.07, 6.45) is 9.39. The van der Waals surface area contributed by atoms with Crippen molar-refractivity contribution in [3.8, 4) is 39.1 Å². The number of para-hydroxylation sites is 2. The number of anilines is 3. The molecule has 0 radical (unpaired) electrons. The fourth-order valence-corrected chi connectivity index (χ4v) is 12.2. The van der Waals surface area contributed by atoms with E-state index in [4.69, 9.17) is 0 Å². The molecule has 0 saturated heterocycles. The van der Waals surface area contributed by atoms with E-state index in [0.29, 0.717) is 5.92 Å². The highest BCUT2D eigenvalue weighted by Gasteiger charge is 2.39. The van der Waals surface area contributed by atoms with Gasteiger partial charge < -0.3 is 9.47 Å². The van der Waals surface area contributed by atoms with Gasteiger partial charge in [0, 0.05) is 44.4 Å². The van der Waals surface area contributed by atoms with Crippen molar-refractivity contribution < 1.29 is 0 Å². The molecule has 1 aromatic heterocycles. The molecule has 3 aliphatic carbocycles. The van der Waals surface area contributed by atoms with Crippen molar-refractivity contribution in [3.63, 3.8) is 0 Å².